The smallest absolute Gasteiger partial charge is 0.197 e. The van der Waals surface area contributed by atoms with Crippen molar-refractivity contribution in [3.63, 3.8) is 0 Å². The van der Waals surface area contributed by atoms with E-state index in [2.05, 4.69) is 11.9 Å². The van der Waals surface area contributed by atoms with Crippen LogP contribution in [0.3, 0.4) is 0 Å². The maximum absolute atomic E-state index is 13.2. The zero-order chi connectivity index (χ0) is 24.6. The van der Waals surface area contributed by atoms with Crippen molar-refractivity contribution in [1.82, 2.24) is 4.90 Å². The number of benzene rings is 1. The van der Waals surface area contributed by atoms with Crippen LogP contribution in [0.4, 0.5) is 0 Å². The summed E-state index contributed by atoms with van der Waals surface area (Å²) in [4.78, 5) is 15.5. The van der Waals surface area contributed by atoms with E-state index in [1.54, 1.807) is 14.2 Å². The van der Waals surface area contributed by atoms with Crippen molar-refractivity contribution in [2.24, 2.45) is 11.3 Å². The van der Waals surface area contributed by atoms with Gasteiger partial charge >= 0.3 is 0 Å². The first-order chi connectivity index (χ1) is 17.0. The average Bonchev–Trinajstić information content (AvgIpc) is 2.88. The van der Waals surface area contributed by atoms with Crippen LogP contribution in [0.1, 0.15) is 31.2 Å². The summed E-state index contributed by atoms with van der Waals surface area (Å²) < 4.78 is 17.7. The van der Waals surface area contributed by atoms with Gasteiger partial charge in [-0.25, -0.2) is 0 Å². The molecule has 0 saturated carbocycles. The van der Waals surface area contributed by atoms with E-state index in [0.717, 1.165) is 47.4 Å². The number of likely N-dealkylation sites (tertiary alicyclic amines) is 1. The van der Waals surface area contributed by atoms with E-state index in [-0.39, 0.29) is 17.7 Å². The molecule has 6 nitrogen and oxygen atoms in total. The van der Waals surface area contributed by atoms with Gasteiger partial charge in [0.2, 0.25) is 0 Å². The van der Waals surface area contributed by atoms with E-state index in [1.165, 1.54) is 6.26 Å². The molecule has 0 spiro atoms. The van der Waals surface area contributed by atoms with Gasteiger partial charge in [-0.3, -0.25) is 4.79 Å². The largest absolute Gasteiger partial charge is 0.515 e. The predicted molar refractivity (Wildman–Crippen MR) is 134 cm³/mol. The Morgan fingerprint density at radius 3 is 2.71 bits per heavy atom. The second kappa shape index (κ2) is 9.42. The Labute approximate surface area is 206 Å². The SMILES string of the molecule is COC1=C[C@H]2[C@H]3CC4=C(C(OCC=Cc5ccccc5)=C(OC)CC4=CO)[C@@]2(CCN3C)CC1=O. The Balaban J connectivity index is 1.58. The molecule has 2 bridgehead atoms. The second-order valence-electron chi connectivity index (χ2n) is 9.78. The van der Waals surface area contributed by atoms with Crippen LogP contribution in [-0.2, 0) is 19.0 Å². The number of carbonyl (C=O) groups excluding carboxylic acids is 1. The highest BCUT2D eigenvalue weighted by Gasteiger charge is 2.58. The highest BCUT2D eigenvalue weighted by molar-refractivity contribution is 5.95. The minimum Gasteiger partial charge on any atom is -0.515 e. The van der Waals surface area contributed by atoms with Crippen molar-refractivity contribution in [3.8, 4) is 0 Å². The summed E-state index contributed by atoms with van der Waals surface area (Å²) in [5.41, 5.74) is 3.65. The molecule has 3 aliphatic carbocycles. The molecule has 1 aromatic carbocycles. The Hall–Kier alpha value is -3.25. The van der Waals surface area contributed by atoms with Crippen molar-refractivity contribution < 1.29 is 24.1 Å². The zero-order valence-electron chi connectivity index (χ0n) is 20.6. The molecule has 3 atom stereocenters. The Morgan fingerprint density at radius 2 is 2.00 bits per heavy atom. The summed E-state index contributed by atoms with van der Waals surface area (Å²) in [7, 11) is 5.35. The van der Waals surface area contributed by atoms with E-state index in [1.807, 2.05) is 48.6 Å². The lowest BCUT2D eigenvalue weighted by Crippen LogP contribution is -2.58. The van der Waals surface area contributed by atoms with Crippen LogP contribution >= 0.6 is 0 Å². The van der Waals surface area contributed by atoms with Gasteiger partial charge in [0.15, 0.2) is 17.3 Å². The summed E-state index contributed by atoms with van der Waals surface area (Å²) in [6, 6.07) is 10.3. The third kappa shape index (κ3) is 3.90. The molecule has 1 N–H and O–H groups in total. The maximum atomic E-state index is 13.2. The molecule has 0 unspecified atom stereocenters. The number of carbonyl (C=O) groups is 1. The molecule has 4 aliphatic rings. The van der Waals surface area contributed by atoms with Gasteiger partial charge in [0, 0.05) is 35.8 Å². The molecule has 1 heterocycles. The van der Waals surface area contributed by atoms with Crippen LogP contribution in [0.15, 0.2) is 82.7 Å². The number of hydrogen-bond acceptors (Lipinski definition) is 6. The molecule has 1 saturated heterocycles. The second-order valence-corrected chi connectivity index (χ2v) is 9.78. The van der Waals surface area contributed by atoms with Crippen molar-refractivity contribution >= 4 is 11.9 Å². The van der Waals surface area contributed by atoms with Crippen LogP contribution in [0.25, 0.3) is 6.08 Å². The molecule has 1 fully saturated rings. The van der Waals surface area contributed by atoms with Gasteiger partial charge in [0.05, 0.1) is 20.5 Å². The number of ether oxygens (including phenoxy) is 3. The summed E-state index contributed by atoms with van der Waals surface area (Å²) in [5, 5.41) is 10.2. The Morgan fingerprint density at radius 1 is 1.20 bits per heavy atom. The minimum absolute atomic E-state index is 0.0168. The van der Waals surface area contributed by atoms with Gasteiger partial charge in [0.1, 0.15) is 12.4 Å². The van der Waals surface area contributed by atoms with Crippen LogP contribution < -0.4 is 0 Å². The molecular formula is C29H33NO5. The van der Waals surface area contributed by atoms with E-state index in [0.29, 0.717) is 31.0 Å². The third-order valence-electron chi connectivity index (χ3n) is 8.10. The number of piperidine rings is 1. The van der Waals surface area contributed by atoms with E-state index in [4.69, 9.17) is 14.2 Å². The van der Waals surface area contributed by atoms with E-state index in [9.17, 15) is 9.90 Å². The molecular weight excluding hydrogens is 442 g/mol. The average molecular weight is 476 g/mol. The fourth-order valence-corrected chi connectivity index (χ4v) is 6.39. The number of allylic oxidation sites excluding steroid dienone is 3. The lowest BCUT2D eigenvalue weighted by Gasteiger charge is -2.58. The topological polar surface area (TPSA) is 68.2 Å². The van der Waals surface area contributed by atoms with Gasteiger partial charge in [-0.1, -0.05) is 36.4 Å². The number of Topliss-reactive ketones (excluding diaryl/α,β-unsaturated/α-hetero) is 1. The number of methoxy groups -OCH3 is 2. The van der Waals surface area contributed by atoms with Gasteiger partial charge in [-0.2, -0.15) is 0 Å². The van der Waals surface area contributed by atoms with Gasteiger partial charge < -0.3 is 24.2 Å². The van der Waals surface area contributed by atoms with Gasteiger partial charge in [-0.15, -0.1) is 0 Å². The number of hydrogen-bond donors (Lipinski definition) is 1. The van der Waals surface area contributed by atoms with Crippen LogP contribution in [0.2, 0.25) is 0 Å². The van der Waals surface area contributed by atoms with Crippen molar-refractivity contribution in [2.45, 2.75) is 31.7 Å². The molecule has 0 radical (unpaired) electrons. The molecule has 1 aliphatic heterocycles. The molecule has 0 amide bonds. The van der Waals surface area contributed by atoms with Gasteiger partial charge in [-0.05, 0) is 55.3 Å². The molecule has 1 aromatic rings. The number of nitrogens with zero attached hydrogens (tertiary/aromatic N) is 1. The van der Waals surface area contributed by atoms with E-state index >= 15 is 0 Å². The first kappa shape index (κ1) is 23.5. The van der Waals surface area contributed by atoms with Gasteiger partial charge in [0.25, 0.3) is 0 Å². The summed E-state index contributed by atoms with van der Waals surface area (Å²) in [6.45, 7) is 1.27. The Kier molecular flexibility index (Phi) is 6.32. The summed E-state index contributed by atoms with van der Waals surface area (Å²) >= 11 is 0. The molecule has 6 heteroatoms. The Bertz CT molecular complexity index is 1160. The first-order valence-electron chi connectivity index (χ1n) is 12.2. The van der Waals surface area contributed by atoms with Crippen LogP contribution in [0.5, 0.6) is 0 Å². The predicted octanol–water partition coefficient (Wildman–Crippen LogP) is 4.93. The quantitative estimate of drug-likeness (QED) is 0.589. The molecule has 0 aromatic heterocycles. The minimum atomic E-state index is -0.416. The fraction of sp³-hybridized carbons (Fsp3) is 0.414. The molecule has 184 valence electrons. The lowest BCUT2D eigenvalue weighted by molar-refractivity contribution is -0.124. The van der Waals surface area contributed by atoms with Crippen LogP contribution in [-0.4, -0.2) is 56.3 Å². The number of rotatable bonds is 6. The van der Waals surface area contributed by atoms with Crippen molar-refractivity contribution in [3.05, 3.63) is 88.3 Å². The normalized spacial score (nSPS) is 29.7. The summed E-state index contributed by atoms with van der Waals surface area (Å²) in [6.07, 6.45) is 9.70. The zero-order valence-corrected chi connectivity index (χ0v) is 20.6. The highest BCUT2D eigenvalue weighted by atomic mass is 16.5. The third-order valence-corrected chi connectivity index (χ3v) is 8.10. The highest BCUT2D eigenvalue weighted by Crippen LogP contribution is 2.61. The molecule has 35 heavy (non-hydrogen) atoms. The van der Waals surface area contributed by atoms with Crippen molar-refractivity contribution in [1.29, 1.82) is 0 Å². The number of aliphatic hydroxyl groups is 1. The monoisotopic (exact) mass is 475 g/mol. The fourth-order valence-electron chi connectivity index (χ4n) is 6.39. The standard InChI is InChI=1S/C29H33NO5/c1-30-12-11-29-17-24(32)25(33-2)16-22(29)23(30)15-21-20(18-31)14-26(34-3)28(27(21)29)35-13-7-10-19-8-5-4-6-9-19/h4-10,16,18,22-23,31H,11-15,17H2,1-3H3/t22-,23+,29-/m0/s1. The number of aliphatic hydroxyl groups excluding tert-OH is 1. The number of ketones is 1. The lowest BCUT2D eigenvalue weighted by atomic mass is 9.52. The van der Waals surface area contributed by atoms with Crippen LogP contribution in [0, 0.1) is 11.3 Å². The molecule has 5 rings (SSSR count). The van der Waals surface area contributed by atoms with Crippen molar-refractivity contribution in [2.75, 3.05) is 34.4 Å². The summed E-state index contributed by atoms with van der Waals surface area (Å²) in [5.74, 6) is 2.00. The first-order valence-corrected chi connectivity index (χ1v) is 12.2. The maximum Gasteiger partial charge on any atom is 0.197 e. The van der Waals surface area contributed by atoms with E-state index < -0.39 is 5.41 Å².